The lowest BCUT2D eigenvalue weighted by molar-refractivity contribution is -0.129. The van der Waals surface area contributed by atoms with Gasteiger partial charge in [-0.15, -0.1) is 0 Å². The molecule has 166 valence electrons. The average molecular weight is 439 g/mol. The SMILES string of the molecule is COc1cccc2ccc(CN3CCNC(=O)[C@@H]3Cc3ccc(-c4cccnc4)cc3)nc12. The van der Waals surface area contributed by atoms with Crippen LogP contribution in [-0.2, 0) is 17.8 Å². The van der Waals surface area contributed by atoms with Gasteiger partial charge in [-0.1, -0.05) is 48.5 Å². The molecule has 1 aliphatic rings. The fourth-order valence-corrected chi connectivity index (χ4v) is 4.38. The lowest BCUT2D eigenvalue weighted by Crippen LogP contribution is -2.55. The number of rotatable bonds is 6. The normalized spacial score (nSPS) is 16.5. The van der Waals surface area contributed by atoms with Gasteiger partial charge in [-0.3, -0.25) is 14.7 Å². The summed E-state index contributed by atoms with van der Waals surface area (Å²) in [6.07, 6.45) is 4.28. The number of nitrogens with zero attached hydrogens (tertiary/aromatic N) is 3. The summed E-state index contributed by atoms with van der Waals surface area (Å²) in [5.41, 5.74) is 5.10. The van der Waals surface area contributed by atoms with Gasteiger partial charge in [-0.2, -0.15) is 0 Å². The number of hydrogen-bond donors (Lipinski definition) is 1. The highest BCUT2D eigenvalue weighted by molar-refractivity contribution is 5.85. The Bertz CT molecular complexity index is 1260. The Morgan fingerprint density at radius 3 is 2.70 bits per heavy atom. The predicted molar refractivity (Wildman–Crippen MR) is 129 cm³/mol. The molecule has 0 aliphatic carbocycles. The summed E-state index contributed by atoms with van der Waals surface area (Å²) in [7, 11) is 1.66. The summed E-state index contributed by atoms with van der Waals surface area (Å²) in [6, 6.07) is 22.1. The number of piperazine rings is 1. The van der Waals surface area contributed by atoms with Crippen molar-refractivity contribution >= 4 is 16.8 Å². The molecule has 2 aromatic carbocycles. The molecule has 33 heavy (non-hydrogen) atoms. The number of carbonyl (C=O) groups excluding carboxylic acids is 1. The van der Waals surface area contributed by atoms with Gasteiger partial charge in [0.15, 0.2) is 0 Å². The zero-order chi connectivity index (χ0) is 22.6. The first-order chi connectivity index (χ1) is 16.2. The second kappa shape index (κ2) is 9.38. The predicted octanol–water partition coefficient (Wildman–Crippen LogP) is 3.85. The second-order valence-electron chi connectivity index (χ2n) is 8.25. The highest BCUT2D eigenvalue weighted by atomic mass is 16.5. The molecule has 0 unspecified atom stereocenters. The van der Waals surface area contributed by atoms with E-state index in [1.54, 1.807) is 13.3 Å². The maximum Gasteiger partial charge on any atom is 0.237 e. The molecular formula is C27H26N4O2. The third-order valence-electron chi connectivity index (χ3n) is 6.15. The van der Waals surface area contributed by atoms with Crippen LogP contribution < -0.4 is 10.1 Å². The van der Waals surface area contributed by atoms with E-state index >= 15 is 0 Å². The molecule has 6 heteroatoms. The van der Waals surface area contributed by atoms with Crippen molar-refractivity contribution in [2.75, 3.05) is 20.2 Å². The van der Waals surface area contributed by atoms with E-state index in [2.05, 4.69) is 45.5 Å². The second-order valence-corrected chi connectivity index (χ2v) is 8.25. The summed E-state index contributed by atoms with van der Waals surface area (Å²) in [4.78, 5) is 24.1. The topological polar surface area (TPSA) is 67.3 Å². The molecule has 2 aromatic heterocycles. The number of ether oxygens (including phenoxy) is 1. The monoisotopic (exact) mass is 438 g/mol. The average Bonchev–Trinajstić information content (AvgIpc) is 2.86. The fraction of sp³-hybridized carbons (Fsp3) is 0.222. The number of aromatic nitrogens is 2. The molecule has 0 radical (unpaired) electrons. The Labute approximate surface area is 193 Å². The number of benzene rings is 2. The molecule has 1 saturated heterocycles. The van der Waals surface area contributed by atoms with Crippen molar-refractivity contribution in [2.45, 2.75) is 19.0 Å². The summed E-state index contributed by atoms with van der Waals surface area (Å²) < 4.78 is 5.49. The van der Waals surface area contributed by atoms with Crippen molar-refractivity contribution < 1.29 is 9.53 Å². The largest absolute Gasteiger partial charge is 0.494 e. The van der Waals surface area contributed by atoms with E-state index in [0.717, 1.165) is 45.6 Å². The highest BCUT2D eigenvalue weighted by Crippen LogP contribution is 2.25. The molecule has 3 heterocycles. The minimum Gasteiger partial charge on any atom is -0.494 e. The molecule has 0 bridgehead atoms. The molecule has 1 amide bonds. The Kier molecular flexibility index (Phi) is 6.00. The molecule has 1 N–H and O–H groups in total. The van der Waals surface area contributed by atoms with Gasteiger partial charge in [0.1, 0.15) is 11.3 Å². The van der Waals surface area contributed by atoms with Crippen LogP contribution in [0.15, 0.2) is 79.1 Å². The van der Waals surface area contributed by atoms with Crippen molar-refractivity contribution in [3.8, 4) is 16.9 Å². The van der Waals surface area contributed by atoms with Crippen LogP contribution in [-0.4, -0.2) is 47.0 Å². The summed E-state index contributed by atoms with van der Waals surface area (Å²) >= 11 is 0. The zero-order valence-corrected chi connectivity index (χ0v) is 18.6. The van der Waals surface area contributed by atoms with Gasteiger partial charge in [0.2, 0.25) is 5.91 Å². The molecule has 4 aromatic rings. The van der Waals surface area contributed by atoms with Crippen LogP contribution in [0.3, 0.4) is 0 Å². The van der Waals surface area contributed by atoms with Crippen LogP contribution in [0.25, 0.3) is 22.0 Å². The maximum atomic E-state index is 12.8. The smallest absolute Gasteiger partial charge is 0.237 e. The van der Waals surface area contributed by atoms with E-state index in [-0.39, 0.29) is 11.9 Å². The van der Waals surface area contributed by atoms with Gasteiger partial charge in [0, 0.05) is 37.4 Å². The Hall–Kier alpha value is -3.77. The summed E-state index contributed by atoms with van der Waals surface area (Å²) in [5.74, 6) is 0.826. The number of amides is 1. The van der Waals surface area contributed by atoms with Gasteiger partial charge in [-0.25, -0.2) is 4.98 Å². The van der Waals surface area contributed by atoms with Gasteiger partial charge in [0.05, 0.1) is 18.8 Å². The molecule has 6 nitrogen and oxygen atoms in total. The van der Waals surface area contributed by atoms with E-state index in [1.165, 1.54) is 0 Å². The number of para-hydroxylation sites is 1. The minimum absolute atomic E-state index is 0.0657. The number of methoxy groups -OCH3 is 1. The number of fused-ring (bicyclic) bond motifs is 1. The number of nitrogens with one attached hydrogen (secondary N) is 1. The van der Waals surface area contributed by atoms with E-state index in [0.29, 0.717) is 19.5 Å². The van der Waals surface area contributed by atoms with Crippen LogP contribution in [0.2, 0.25) is 0 Å². The molecular weight excluding hydrogens is 412 g/mol. The van der Waals surface area contributed by atoms with E-state index in [4.69, 9.17) is 9.72 Å². The van der Waals surface area contributed by atoms with E-state index < -0.39 is 0 Å². The van der Waals surface area contributed by atoms with Crippen LogP contribution in [0.4, 0.5) is 0 Å². The van der Waals surface area contributed by atoms with E-state index in [9.17, 15) is 4.79 Å². The molecule has 1 fully saturated rings. The van der Waals surface area contributed by atoms with Gasteiger partial charge in [0.25, 0.3) is 0 Å². The third-order valence-corrected chi connectivity index (χ3v) is 6.15. The highest BCUT2D eigenvalue weighted by Gasteiger charge is 2.30. The Morgan fingerprint density at radius 1 is 1.03 bits per heavy atom. The molecule has 1 atom stereocenters. The zero-order valence-electron chi connectivity index (χ0n) is 18.6. The Balaban J connectivity index is 1.35. The molecule has 5 rings (SSSR count). The van der Waals surface area contributed by atoms with Crippen molar-refractivity contribution in [3.63, 3.8) is 0 Å². The fourth-order valence-electron chi connectivity index (χ4n) is 4.38. The summed E-state index contributed by atoms with van der Waals surface area (Å²) in [6.45, 7) is 2.04. The summed E-state index contributed by atoms with van der Waals surface area (Å²) in [5, 5.41) is 4.07. The minimum atomic E-state index is -0.238. The Morgan fingerprint density at radius 2 is 1.91 bits per heavy atom. The first-order valence-corrected chi connectivity index (χ1v) is 11.1. The molecule has 1 aliphatic heterocycles. The quantitative estimate of drug-likeness (QED) is 0.495. The van der Waals surface area contributed by atoms with Gasteiger partial charge < -0.3 is 10.1 Å². The first-order valence-electron chi connectivity index (χ1n) is 11.1. The van der Waals surface area contributed by atoms with Crippen LogP contribution in [0.1, 0.15) is 11.3 Å². The third kappa shape index (κ3) is 4.56. The van der Waals surface area contributed by atoms with Crippen LogP contribution in [0, 0.1) is 0 Å². The van der Waals surface area contributed by atoms with Crippen molar-refractivity contribution in [3.05, 3.63) is 90.4 Å². The van der Waals surface area contributed by atoms with Crippen LogP contribution in [0.5, 0.6) is 5.75 Å². The standard InChI is InChI=1S/C27H26N4O2/c1-33-25-6-2-4-21-11-12-23(30-26(21)25)18-31-15-14-29-27(32)24(31)16-19-7-9-20(10-8-19)22-5-3-13-28-17-22/h2-13,17,24H,14-16,18H2,1H3,(H,29,32)/t24-/m0/s1. The lowest BCUT2D eigenvalue weighted by atomic mass is 9.99. The number of hydrogen-bond acceptors (Lipinski definition) is 5. The first kappa shape index (κ1) is 21.1. The van der Waals surface area contributed by atoms with Crippen molar-refractivity contribution in [2.24, 2.45) is 0 Å². The van der Waals surface area contributed by atoms with Gasteiger partial charge in [-0.05, 0) is 41.3 Å². The molecule has 0 spiro atoms. The molecule has 0 saturated carbocycles. The van der Waals surface area contributed by atoms with Gasteiger partial charge >= 0.3 is 0 Å². The van der Waals surface area contributed by atoms with Crippen molar-refractivity contribution in [1.29, 1.82) is 0 Å². The van der Waals surface area contributed by atoms with E-state index in [1.807, 2.05) is 42.6 Å². The maximum absolute atomic E-state index is 12.8. The van der Waals surface area contributed by atoms with Crippen LogP contribution >= 0.6 is 0 Å². The van der Waals surface area contributed by atoms with Crippen molar-refractivity contribution in [1.82, 2.24) is 20.2 Å². The lowest BCUT2D eigenvalue weighted by Gasteiger charge is -2.35. The number of pyridine rings is 2. The number of carbonyl (C=O) groups is 1.